The predicted octanol–water partition coefficient (Wildman–Crippen LogP) is 4.03. The highest BCUT2D eigenvalue weighted by atomic mass is 32.2. The van der Waals surface area contributed by atoms with Crippen molar-refractivity contribution in [2.45, 2.75) is 84.0 Å². The van der Waals surface area contributed by atoms with Gasteiger partial charge in [-0.3, -0.25) is 4.79 Å². The van der Waals surface area contributed by atoms with Crippen molar-refractivity contribution in [2.24, 2.45) is 0 Å². The van der Waals surface area contributed by atoms with Crippen LogP contribution >= 0.6 is 0 Å². The zero-order valence-electron chi connectivity index (χ0n) is 14.9. The van der Waals surface area contributed by atoms with Crippen LogP contribution in [0.4, 0.5) is 0 Å². The third-order valence-electron chi connectivity index (χ3n) is 4.09. The van der Waals surface area contributed by atoms with E-state index in [2.05, 4.69) is 6.92 Å². The minimum atomic E-state index is -3.15. The van der Waals surface area contributed by atoms with E-state index in [1.807, 2.05) is 0 Å². The van der Waals surface area contributed by atoms with Gasteiger partial charge in [-0.25, -0.2) is 12.7 Å². The summed E-state index contributed by atoms with van der Waals surface area (Å²) in [5, 5.41) is 8.55. The molecule has 0 heterocycles. The monoisotopic (exact) mass is 349 g/mol. The molecule has 6 heteroatoms. The second-order valence-electron chi connectivity index (χ2n) is 6.32. The normalized spacial score (nSPS) is 12.0. The fraction of sp³-hybridized carbons (Fsp3) is 0.941. The van der Waals surface area contributed by atoms with E-state index in [4.69, 9.17) is 5.11 Å². The minimum Gasteiger partial charge on any atom is -0.481 e. The minimum absolute atomic E-state index is 0.161. The number of hydrogen-bond acceptors (Lipinski definition) is 3. The van der Waals surface area contributed by atoms with E-state index >= 15 is 0 Å². The Kier molecular flexibility index (Phi) is 13.4. The Balaban J connectivity index is 3.67. The van der Waals surface area contributed by atoms with Crippen molar-refractivity contribution in [3.63, 3.8) is 0 Å². The molecule has 0 aliphatic carbocycles. The molecule has 0 saturated carbocycles. The molecule has 0 aromatic carbocycles. The van der Waals surface area contributed by atoms with E-state index in [0.29, 0.717) is 13.0 Å². The molecule has 0 aromatic rings. The number of aliphatic carboxylic acids is 1. The summed E-state index contributed by atoms with van der Waals surface area (Å²) >= 11 is 0. The molecule has 138 valence electrons. The molecule has 0 saturated heterocycles. The molecule has 0 aliphatic rings. The molecule has 0 unspecified atom stereocenters. The lowest BCUT2D eigenvalue weighted by Crippen LogP contribution is -2.30. The van der Waals surface area contributed by atoms with Crippen molar-refractivity contribution in [1.82, 2.24) is 4.31 Å². The average Bonchev–Trinajstić information content (AvgIpc) is 2.49. The van der Waals surface area contributed by atoms with Crippen molar-refractivity contribution in [3.8, 4) is 0 Å². The summed E-state index contributed by atoms with van der Waals surface area (Å²) in [5.74, 6) is -0.561. The molecule has 1 N–H and O–H groups in total. The zero-order valence-corrected chi connectivity index (χ0v) is 15.7. The van der Waals surface area contributed by atoms with E-state index in [-0.39, 0.29) is 12.2 Å². The van der Waals surface area contributed by atoms with E-state index in [0.717, 1.165) is 32.1 Å². The zero-order chi connectivity index (χ0) is 17.6. The van der Waals surface area contributed by atoms with Gasteiger partial charge in [0.1, 0.15) is 0 Å². The molecule has 23 heavy (non-hydrogen) atoms. The third kappa shape index (κ3) is 13.5. The number of carboxylic acid groups (broad SMARTS) is 1. The van der Waals surface area contributed by atoms with Crippen LogP contribution in [0.15, 0.2) is 0 Å². The van der Waals surface area contributed by atoms with E-state index < -0.39 is 16.0 Å². The lowest BCUT2D eigenvalue weighted by molar-refractivity contribution is -0.137. The first kappa shape index (κ1) is 22.4. The fourth-order valence-electron chi connectivity index (χ4n) is 2.50. The highest BCUT2D eigenvalue weighted by Gasteiger charge is 2.16. The van der Waals surface area contributed by atoms with E-state index in [9.17, 15) is 13.2 Å². The van der Waals surface area contributed by atoms with Crippen LogP contribution in [0.1, 0.15) is 84.0 Å². The SMILES string of the molecule is CCCCCCCCCCS(=O)(=O)N(C)CCCCCC(=O)O. The Morgan fingerprint density at radius 3 is 1.96 bits per heavy atom. The summed E-state index contributed by atoms with van der Waals surface area (Å²) < 4.78 is 25.6. The summed E-state index contributed by atoms with van der Waals surface area (Å²) in [5.41, 5.74) is 0. The third-order valence-corrected chi connectivity index (χ3v) is 6.03. The van der Waals surface area contributed by atoms with Crippen LogP contribution in [0, 0.1) is 0 Å². The molecule has 0 fully saturated rings. The Morgan fingerprint density at radius 2 is 1.39 bits per heavy atom. The maximum atomic E-state index is 12.1. The van der Waals surface area contributed by atoms with Gasteiger partial charge < -0.3 is 5.11 Å². The van der Waals surface area contributed by atoms with Gasteiger partial charge in [0.05, 0.1) is 5.75 Å². The largest absolute Gasteiger partial charge is 0.481 e. The number of rotatable bonds is 16. The van der Waals surface area contributed by atoms with Crippen molar-refractivity contribution < 1.29 is 18.3 Å². The van der Waals surface area contributed by atoms with Crippen molar-refractivity contribution in [2.75, 3.05) is 19.3 Å². The molecular formula is C17H35NO4S. The van der Waals surface area contributed by atoms with Crippen LogP contribution in [0.2, 0.25) is 0 Å². The van der Waals surface area contributed by atoms with Crippen LogP contribution < -0.4 is 0 Å². The van der Waals surface area contributed by atoms with Crippen LogP contribution in [0.25, 0.3) is 0 Å². The number of nitrogens with zero attached hydrogens (tertiary/aromatic N) is 1. The van der Waals surface area contributed by atoms with Crippen molar-refractivity contribution in [1.29, 1.82) is 0 Å². The summed E-state index contributed by atoms with van der Waals surface area (Å²) in [6, 6.07) is 0. The Morgan fingerprint density at radius 1 is 0.870 bits per heavy atom. The van der Waals surface area contributed by atoms with Gasteiger partial charge in [0, 0.05) is 20.0 Å². The van der Waals surface area contributed by atoms with Gasteiger partial charge in [-0.2, -0.15) is 0 Å². The second-order valence-corrected chi connectivity index (χ2v) is 8.51. The smallest absolute Gasteiger partial charge is 0.303 e. The molecule has 0 bridgehead atoms. The number of unbranched alkanes of at least 4 members (excludes halogenated alkanes) is 9. The molecule has 0 aromatic heterocycles. The van der Waals surface area contributed by atoms with Crippen LogP contribution in [0.5, 0.6) is 0 Å². The molecule has 0 radical (unpaired) electrons. The maximum absolute atomic E-state index is 12.1. The lowest BCUT2D eigenvalue weighted by atomic mass is 10.1. The van der Waals surface area contributed by atoms with E-state index in [1.165, 1.54) is 36.4 Å². The second kappa shape index (κ2) is 13.8. The predicted molar refractivity (Wildman–Crippen MR) is 95.1 cm³/mol. The number of sulfonamides is 1. The van der Waals surface area contributed by atoms with Crippen LogP contribution in [0.3, 0.4) is 0 Å². The molecule has 0 aliphatic heterocycles. The molecule has 0 rings (SSSR count). The summed E-state index contributed by atoms with van der Waals surface area (Å²) in [6.45, 7) is 2.69. The van der Waals surface area contributed by atoms with Crippen LogP contribution in [-0.2, 0) is 14.8 Å². The van der Waals surface area contributed by atoms with Gasteiger partial charge in [-0.15, -0.1) is 0 Å². The van der Waals surface area contributed by atoms with Gasteiger partial charge in [-0.05, 0) is 19.3 Å². The Bertz CT molecular complexity index is 395. The molecule has 0 spiro atoms. The molecule has 5 nitrogen and oxygen atoms in total. The summed E-state index contributed by atoms with van der Waals surface area (Å²) in [6.07, 6.45) is 11.4. The Labute approximate surface area is 142 Å². The number of carbonyl (C=O) groups is 1. The maximum Gasteiger partial charge on any atom is 0.303 e. The summed E-state index contributed by atoms with van der Waals surface area (Å²) in [7, 11) is -1.53. The van der Waals surface area contributed by atoms with Crippen molar-refractivity contribution in [3.05, 3.63) is 0 Å². The highest BCUT2D eigenvalue weighted by molar-refractivity contribution is 7.89. The summed E-state index contributed by atoms with van der Waals surface area (Å²) in [4.78, 5) is 10.4. The molecule has 0 amide bonds. The first-order chi connectivity index (χ1) is 10.9. The van der Waals surface area contributed by atoms with E-state index in [1.54, 1.807) is 7.05 Å². The molecular weight excluding hydrogens is 314 g/mol. The quantitative estimate of drug-likeness (QED) is 0.427. The average molecular weight is 350 g/mol. The fourth-order valence-corrected chi connectivity index (χ4v) is 3.79. The molecule has 0 atom stereocenters. The van der Waals surface area contributed by atoms with Gasteiger partial charge >= 0.3 is 5.97 Å². The van der Waals surface area contributed by atoms with Crippen molar-refractivity contribution >= 4 is 16.0 Å². The van der Waals surface area contributed by atoms with Gasteiger partial charge in [0.15, 0.2) is 0 Å². The Hall–Kier alpha value is -0.620. The topological polar surface area (TPSA) is 74.7 Å². The lowest BCUT2D eigenvalue weighted by Gasteiger charge is -2.16. The number of hydrogen-bond donors (Lipinski definition) is 1. The van der Waals surface area contributed by atoms with Gasteiger partial charge in [-0.1, -0.05) is 58.3 Å². The highest BCUT2D eigenvalue weighted by Crippen LogP contribution is 2.11. The van der Waals surface area contributed by atoms with Crippen LogP contribution in [-0.4, -0.2) is 43.1 Å². The standard InChI is InChI=1S/C17H35NO4S/c1-3-4-5-6-7-8-9-13-16-23(21,22)18(2)15-12-10-11-14-17(19)20/h3-16H2,1-2H3,(H,19,20). The number of carboxylic acids is 1. The van der Waals surface area contributed by atoms with Gasteiger partial charge in [0.25, 0.3) is 0 Å². The first-order valence-electron chi connectivity index (χ1n) is 9.06. The van der Waals surface area contributed by atoms with Gasteiger partial charge in [0.2, 0.25) is 10.0 Å². The first-order valence-corrected chi connectivity index (χ1v) is 10.7.